The number of rotatable bonds is 6. The van der Waals surface area contributed by atoms with E-state index < -0.39 is 9.84 Å². The van der Waals surface area contributed by atoms with Crippen LogP contribution in [0.2, 0.25) is 0 Å². The van der Waals surface area contributed by atoms with Gasteiger partial charge in [0.15, 0.2) is 0 Å². The smallest absolute Gasteiger partial charge is 0.147 e. The highest BCUT2D eigenvalue weighted by Gasteiger charge is 2.15. The summed E-state index contributed by atoms with van der Waals surface area (Å²) in [6, 6.07) is -0.00532. The molecule has 1 atom stereocenters. The van der Waals surface area contributed by atoms with Crippen molar-refractivity contribution in [2.24, 2.45) is 5.84 Å². The van der Waals surface area contributed by atoms with Crippen LogP contribution in [0.1, 0.15) is 29.5 Å². The van der Waals surface area contributed by atoms with Crippen molar-refractivity contribution in [2.45, 2.75) is 25.8 Å². The Hall–Kier alpha value is -0.500. The summed E-state index contributed by atoms with van der Waals surface area (Å²) < 4.78 is 22.0. The number of nitrogens with one attached hydrogen (secondary N) is 1. The van der Waals surface area contributed by atoms with Gasteiger partial charge in [0.2, 0.25) is 0 Å². The number of thiazole rings is 1. The quantitative estimate of drug-likeness (QED) is 0.585. The van der Waals surface area contributed by atoms with E-state index in [1.54, 1.807) is 5.51 Å². The first-order valence-electron chi connectivity index (χ1n) is 4.98. The molecule has 92 valence electrons. The summed E-state index contributed by atoms with van der Waals surface area (Å²) in [4.78, 5) is 5.23. The molecule has 0 aliphatic rings. The second kappa shape index (κ2) is 5.72. The molecule has 1 rings (SSSR count). The lowest BCUT2D eigenvalue weighted by molar-refractivity contribution is 0.512. The highest BCUT2D eigenvalue weighted by Crippen LogP contribution is 2.24. The van der Waals surface area contributed by atoms with Crippen LogP contribution in [0.25, 0.3) is 0 Å². The lowest BCUT2D eigenvalue weighted by Gasteiger charge is -2.14. The number of hydrogen-bond donors (Lipinski definition) is 2. The van der Waals surface area contributed by atoms with Crippen molar-refractivity contribution in [3.05, 3.63) is 16.1 Å². The van der Waals surface area contributed by atoms with Crippen molar-refractivity contribution in [2.75, 3.05) is 12.0 Å². The van der Waals surface area contributed by atoms with Gasteiger partial charge in [-0.05, 0) is 19.8 Å². The highest BCUT2D eigenvalue weighted by molar-refractivity contribution is 7.90. The van der Waals surface area contributed by atoms with Gasteiger partial charge in [0.1, 0.15) is 9.84 Å². The molecule has 0 aliphatic carbocycles. The Kier molecular flexibility index (Phi) is 4.85. The van der Waals surface area contributed by atoms with Crippen LogP contribution in [0.15, 0.2) is 5.51 Å². The van der Waals surface area contributed by atoms with E-state index in [4.69, 9.17) is 5.84 Å². The molecule has 1 aromatic heterocycles. The maximum absolute atomic E-state index is 11.0. The maximum atomic E-state index is 11.0. The highest BCUT2D eigenvalue weighted by atomic mass is 32.2. The van der Waals surface area contributed by atoms with Crippen molar-refractivity contribution >= 4 is 21.2 Å². The molecule has 0 saturated carbocycles. The van der Waals surface area contributed by atoms with Crippen LogP contribution < -0.4 is 11.3 Å². The van der Waals surface area contributed by atoms with E-state index in [0.29, 0.717) is 12.8 Å². The monoisotopic (exact) mass is 263 g/mol. The Morgan fingerprint density at radius 3 is 2.75 bits per heavy atom. The molecule has 0 radical (unpaired) electrons. The van der Waals surface area contributed by atoms with Gasteiger partial charge in [0, 0.05) is 16.9 Å². The van der Waals surface area contributed by atoms with Crippen molar-refractivity contribution in [1.29, 1.82) is 0 Å². The van der Waals surface area contributed by atoms with Crippen molar-refractivity contribution in [3.63, 3.8) is 0 Å². The zero-order chi connectivity index (χ0) is 12.2. The molecule has 1 heterocycles. The van der Waals surface area contributed by atoms with Gasteiger partial charge in [-0.3, -0.25) is 11.3 Å². The van der Waals surface area contributed by atoms with Gasteiger partial charge in [-0.2, -0.15) is 0 Å². The molecular weight excluding hydrogens is 246 g/mol. The minimum Gasteiger partial charge on any atom is -0.271 e. The molecule has 0 bridgehead atoms. The summed E-state index contributed by atoms with van der Waals surface area (Å²) in [5.74, 6) is 5.66. The number of hydrogen-bond acceptors (Lipinski definition) is 6. The zero-order valence-electron chi connectivity index (χ0n) is 9.43. The molecule has 0 amide bonds. The Balaban J connectivity index is 2.54. The summed E-state index contributed by atoms with van der Waals surface area (Å²) >= 11 is 1.54. The van der Waals surface area contributed by atoms with E-state index >= 15 is 0 Å². The number of sulfone groups is 1. The SMILES string of the molecule is Cc1ncsc1C(CCCS(C)(=O)=O)NN. The van der Waals surface area contributed by atoms with E-state index in [2.05, 4.69) is 10.4 Å². The van der Waals surface area contributed by atoms with E-state index in [1.165, 1.54) is 17.6 Å². The van der Waals surface area contributed by atoms with Crippen molar-refractivity contribution < 1.29 is 8.42 Å². The minimum absolute atomic E-state index is 0.00532. The number of hydrazine groups is 1. The third-order valence-electron chi connectivity index (χ3n) is 2.31. The molecule has 0 aromatic carbocycles. The first-order valence-corrected chi connectivity index (χ1v) is 7.92. The molecule has 0 aliphatic heterocycles. The standard InChI is InChI=1S/C9H17N3O2S2/c1-7-9(15-6-11-7)8(12-10)4-3-5-16(2,13)14/h6,8,12H,3-5,10H2,1-2H3. The average Bonchev–Trinajstić information content (AvgIpc) is 2.58. The van der Waals surface area contributed by atoms with Gasteiger partial charge in [0.05, 0.1) is 17.2 Å². The lowest BCUT2D eigenvalue weighted by atomic mass is 10.1. The maximum Gasteiger partial charge on any atom is 0.147 e. The Labute approximate surface area is 100.0 Å². The normalized spacial score (nSPS) is 13.9. The summed E-state index contributed by atoms with van der Waals surface area (Å²) in [5.41, 5.74) is 5.43. The molecule has 0 spiro atoms. The molecule has 7 heteroatoms. The fraction of sp³-hybridized carbons (Fsp3) is 0.667. The average molecular weight is 263 g/mol. The van der Waals surface area contributed by atoms with E-state index in [9.17, 15) is 8.42 Å². The van der Waals surface area contributed by atoms with Gasteiger partial charge >= 0.3 is 0 Å². The van der Waals surface area contributed by atoms with Crippen LogP contribution >= 0.6 is 11.3 Å². The molecule has 1 aromatic rings. The molecular formula is C9H17N3O2S2. The van der Waals surface area contributed by atoms with Crippen LogP contribution in [-0.2, 0) is 9.84 Å². The van der Waals surface area contributed by atoms with Crippen LogP contribution in [0.4, 0.5) is 0 Å². The number of nitrogens with two attached hydrogens (primary N) is 1. The van der Waals surface area contributed by atoms with Crippen LogP contribution in [0, 0.1) is 6.92 Å². The Morgan fingerprint density at radius 2 is 2.31 bits per heavy atom. The van der Waals surface area contributed by atoms with Crippen LogP contribution in [0.3, 0.4) is 0 Å². The first-order chi connectivity index (χ1) is 7.44. The number of nitrogens with zero attached hydrogens (tertiary/aromatic N) is 1. The van der Waals surface area contributed by atoms with Gasteiger partial charge < -0.3 is 0 Å². The zero-order valence-corrected chi connectivity index (χ0v) is 11.1. The fourth-order valence-electron chi connectivity index (χ4n) is 1.49. The molecule has 16 heavy (non-hydrogen) atoms. The van der Waals surface area contributed by atoms with E-state index in [1.807, 2.05) is 6.92 Å². The number of aryl methyl sites for hydroxylation is 1. The van der Waals surface area contributed by atoms with E-state index in [0.717, 1.165) is 10.6 Å². The molecule has 5 nitrogen and oxygen atoms in total. The minimum atomic E-state index is -2.89. The van der Waals surface area contributed by atoms with Gasteiger partial charge in [-0.25, -0.2) is 13.4 Å². The largest absolute Gasteiger partial charge is 0.271 e. The first kappa shape index (κ1) is 13.6. The third kappa shape index (κ3) is 4.17. The Morgan fingerprint density at radius 1 is 1.62 bits per heavy atom. The van der Waals surface area contributed by atoms with Gasteiger partial charge in [-0.1, -0.05) is 0 Å². The molecule has 0 saturated heterocycles. The topological polar surface area (TPSA) is 85.1 Å². The molecule has 1 unspecified atom stereocenters. The lowest BCUT2D eigenvalue weighted by Crippen LogP contribution is -2.28. The summed E-state index contributed by atoms with van der Waals surface area (Å²) in [6.45, 7) is 1.92. The van der Waals surface area contributed by atoms with Crippen molar-refractivity contribution in [1.82, 2.24) is 10.4 Å². The van der Waals surface area contributed by atoms with E-state index in [-0.39, 0.29) is 11.8 Å². The van der Waals surface area contributed by atoms with Crippen LogP contribution in [0.5, 0.6) is 0 Å². The van der Waals surface area contributed by atoms with Crippen LogP contribution in [-0.4, -0.2) is 25.4 Å². The predicted molar refractivity (Wildman–Crippen MR) is 65.9 cm³/mol. The summed E-state index contributed by atoms with van der Waals surface area (Å²) in [5, 5.41) is 0. The second-order valence-electron chi connectivity index (χ2n) is 3.79. The molecule has 3 N–H and O–H groups in total. The fourth-order valence-corrected chi connectivity index (χ4v) is 3.07. The summed E-state index contributed by atoms with van der Waals surface area (Å²) in [6.07, 6.45) is 2.55. The number of aromatic nitrogens is 1. The predicted octanol–water partition coefficient (Wildman–Crippen LogP) is 0.781. The van der Waals surface area contributed by atoms with Gasteiger partial charge in [-0.15, -0.1) is 11.3 Å². The Bertz CT molecular complexity index is 428. The second-order valence-corrected chi connectivity index (χ2v) is 6.94. The third-order valence-corrected chi connectivity index (χ3v) is 4.38. The molecule has 0 fully saturated rings. The van der Waals surface area contributed by atoms with Gasteiger partial charge in [0.25, 0.3) is 0 Å². The summed E-state index contributed by atoms with van der Waals surface area (Å²) in [7, 11) is -2.89. The van der Waals surface area contributed by atoms with Crippen molar-refractivity contribution in [3.8, 4) is 0 Å².